The van der Waals surface area contributed by atoms with Crippen molar-refractivity contribution in [3.05, 3.63) is 0 Å². The Morgan fingerprint density at radius 3 is 2.14 bits per heavy atom. The van der Waals surface area contributed by atoms with E-state index in [1.165, 1.54) is 0 Å². The van der Waals surface area contributed by atoms with E-state index in [0.717, 1.165) is 0 Å². The molecule has 0 aliphatic rings. The van der Waals surface area contributed by atoms with Gasteiger partial charge in [-0.05, 0) is 12.8 Å². The zero-order valence-corrected chi connectivity index (χ0v) is 12.1. The molecule has 3 atom stereocenters. The molecule has 0 aliphatic carbocycles. The Kier molecular flexibility index (Phi) is 8.11. The van der Waals surface area contributed by atoms with Gasteiger partial charge in [-0.1, -0.05) is 0 Å². The molecular formula is C10H19N2O8P. The maximum atomic E-state index is 11.9. The summed E-state index contributed by atoms with van der Waals surface area (Å²) in [5.74, 6) is -0.113. The quantitative estimate of drug-likeness (QED) is 0.244. The van der Waals surface area contributed by atoms with Gasteiger partial charge >= 0.3 is 17.9 Å². The Bertz CT molecular complexity index is 441. The van der Waals surface area contributed by atoms with E-state index in [2.05, 4.69) is 10.7 Å². The van der Waals surface area contributed by atoms with Crippen LogP contribution in [0.1, 0.15) is 19.3 Å². The lowest BCUT2D eigenvalue weighted by molar-refractivity contribution is -0.146. The SMILES string of the molecule is NOC(=O)CCC(CP(=O)(O)CCC(N)C(=O)O)C(=O)O. The van der Waals surface area contributed by atoms with E-state index in [1.807, 2.05) is 0 Å². The van der Waals surface area contributed by atoms with Gasteiger partial charge < -0.3 is 25.7 Å². The van der Waals surface area contributed by atoms with Crippen LogP contribution in [-0.4, -0.2) is 51.4 Å². The molecule has 0 saturated heterocycles. The van der Waals surface area contributed by atoms with Gasteiger partial charge in [-0.15, -0.1) is 0 Å². The van der Waals surface area contributed by atoms with Gasteiger partial charge in [-0.3, -0.25) is 18.9 Å². The second-order valence-corrected chi connectivity index (χ2v) is 7.05. The van der Waals surface area contributed by atoms with Gasteiger partial charge in [-0.2, -0.15) is 5.90 Å². The fourth-order valence-corrected chi connectivity index (χ4v) is 3.44. The topological polar surface area (TPSA) is 190 Å². The molecule has 0 bridgehead atoms. The van der Waals surface area contributed by atoms with Gasteiger partial charge in [0.05, 0.1) is 5.92 Å². The molecule has 10 nitrogen and oxygen atoms in total. The van der Waals surface area contributed by atoms with Crippen molar-refractivity contribution in [3.63, 3.8) is 0 Å². The van der Waals surface area contributed by atoms with E-state index in [9.17, 15) is 23.8 Å². The molecule has 0 aromatic heterocycles. The second kappa shape index (κ2) is 8.73. The smallest absolute Gasteiger partial charge is 0.324 e. The van der Waals surface area contributed by atoms with Gasteiger partial charge in [0.2, 0.25) is 7.37 Å². The number of carboxylic acids is 2. The van der Waals surface area contributed by atoms with Crippen LogP contribution < -0.4 is 11.6 Å². The number of carbonyl (C=O) groups excluding carboxylic acids is 1. The first-order valence-electron chi connectivity index (χ1n) is 6.00. The predicted molar refractivity (Wildman–Crippen MR) is 70.4 cm³/mol. The third-order valence-corrected chi connectivity index (χ3v) is 4.76. The number of hydrogen-bond acceptors (Lipinski definition) is 7. The van der Waals surface area contributed by atoms with Gasteiger partial charge in [0.15, 0.2) is 0 Å². The molecule has 0 radical (unpaired) electrons. The standard InChI is InChI=1S/C10H19N2O8P/c11-7(10(16)17)3-4-21(18,19)5-6(9(14)15)1-2-8(13)20-12/h6-7H,1-5,11-12H2,(H,14,15)(H,16,17)(H,18,19). The molecule has 122 valence electrons. The number of aliphatic carboxylic acids is 2. The first-order chi connectivity index (χ1) is 9.59. The Morgan fingerprint density at radius 2 is 1.71 bits per heavy atom. The molecule has 0 rings (SSSR count). The van der Waals surface area contributed by atoms with Crippen LogP contribution in [-0.2, 0) is 23.8 Å². The fraction of sp³-hybridized carbons (Fsp3) is 0.700. The molecule has 3 unspecified atom stereocenters. The summed E-state index contributed by atoms with van der Waals surface area (Å²) in [4.78, 5) is 45.9. The lowest BCUT2D eigenvalue weighted by atomic mass is 10.1. The van der Waals surface area contributed by atoms with E-state index < -0.39 is 49.6 Å². The maximum Gasteiger partial charge on any atom is 0.324 e. The molecule has 0 amide bonds. The molecule has 0 saturated carbocycles. The van der Waals surface area contributed by atoms with Crippen molar-refractivity contribution < 1.29 is 38.9 Å². The first-order valence-corrected chi connectivity index (χ1v) is 8.03. The Hall–Kier alpha value is -1.48. The summed E-state index contributed by atoms with van der Waals surface area (Å²) in [6.45, 7) is 0. The molecule has 0 fully saturated rings. The minimum absolute atomic E-state index is 0.207. The minimum atomic E-state index is -3.87. The largest absolute Gasteiger partial charge is 0.481 e. The number of carboxylic acid groups (broad SMARTS) is 2. The molecular weight excluding hydrogens is 307 g/mol. The molecule has 0 aromatic carbocycles. The second-order valence-electron chi connectivity index (χ2n) is 4.55. The van der Waals surface area contributed by atoms with Crippen molar-refractivity contribution in [3.8, 4) is 0 Å². The normalized spacial score (nSPS) is 16.5. The van der Waals surface area contributed by atoms with Crippen LogP contribution in [0, 0.1) is 5.92 Å². The van der Waals surface area contributed by atoms with E-state index in [0.29, 0.717) is 0 Å². The zero-order chi connectivity index (χ0) is 16.6. The number of nitrogens with two attached hydrogens (primary N) is 2. The average molecular weight is 326 g/mol. The van der Waals surface area contributed by atoms with Crippen LogP contribution in [0.25, 0.3) is 0 Å². The predicted octanol–water partition coefficient (Wildman–Crippen LogP) is -1.04. The lowest BCUT2D eigenvalue weighted by Gasteiger charge is -2.17. The van der Waals surface area contributed by atoms with Gasteiger partial charge in [0.25, 0.3) is 0 Å². The molecule has 0 aromatic rings. The van der Waals surface area contributed by atoms with Crippen LogP contribution in [0.5, 0.6) is 0 Å². The molecule has 0 aliphatic heterocycles. The highest BCUT2D eigenvalue weighted by atomic mass is 31.2. The van der Waals surface area contributed by atoms with E-state index >= 15 is 0 Å². The van der Waals surface area contributed by atoms with E-state index in [4.69, 9.17) is 15.9 Å². The number of carbonyl (C=O) groups is 3. The zero-order valence-electron chi connectivity index (χ0n) is 11.2. The van der Waals surface area contributed by atoms with Crippen LogP contribution in [0.2, 0.25) is 0 Å². The van der Waals surface area contributed by atoms with E-state index in [-0.39, 0.29) is 19.3 Å². The summed E-state index contributed by atoms with van der Waals surface area (Å²) in [6.07, 6.45) is -1.75. The van der Waals surface area contributed by atoms with Crippen molar-refractivity contribution in [2.24, 2.45) is 17.5 Å². The first kappa shape index (κ1) is 19.5. The number of rotatable bonds is 10. The molecule has 11 heteroatoms. The van der Waals surface area contributed by atoms with Crippen LogP contribution >= 0.6 is 7.37 Å². The van der Waals surface area contributed by atoms with Gasteiger partial charge in [0.1, 0.15) is 6.04 Å². The summed E-state index contributed by atoms with van der Waals surface area (Å²) >= 11 is 0. The monoisotopic (exact) mass is 326 g/mol. The molecule has 0 spiro atoms. The van der Waals surface area contributed by atoms with Crippen LogP contribution in [0.15, 0.2) is 0 Å². The third kappa shape index (κ3) is 8.41. The Balaban J connectivity index is 4.53. The average Bonchev–Trinajstić information content (AvgIpc) is 2.39. The molecule has 0 heterocycles. The number of hydrogen-bond donors (Lipinski definition) is 5. The molecule has 21 heavy (non-hydrogen) atoms. The third-order valence-electron chi connectivity index (χ3n) is 2.79. The fourth-order valence-electron chi connectivity index (χ4n) is 1.54. The van der Waals surface area contributed by atoms with Crippen molar-refractivity contribution in [1.82, 2.24) is 0 Å². The highest BCUT2D eigenvalue weighted by molar-refractivity contribution is 7.58. The summed E-state index contributed by atoms with van der Waals surface area (Å²) in [7, 11) is -3.87. The lowest BCUT2D eigenvalue weighted by Crippen LogP contribution is -2.31. The van der Waals surface area contributed by atoms with Gasteiger partial charge in [-0.25, -0.2) is 0 Å². The van der Waals surface area contributed by atoms with Crippen molar-refractivity contribution >= 4 is 25.3 Å². The maximum absolute atomic E-state index is 11.9. The highest BCUT2D eigenvalue weighted by Gasteiger charge is 2.30. The van der Waals surface area contributed by atoms with Crippen molar-refractivity contribution in [2.75, 3.05) is 12.3 Å². The summed E-state index contributed by atoms with van der Waals surface area (Å²) in [5, 5.41) is 17.5. The minimum Gasteiger partial charge on any atom is -0.481 e. The summed E-state index contributed by atoms with van der Waals surface area (Å²) < 4.78 is 11.9. The van der Waals surface area contributed by atoms with Crippen molar-refractivity contribution in [2.45, 2.75) is 25.3 Å². The van der Waals surface area contributed by atoms with Gasteiger partial charge in [0, 0.05) is 18.7 Å². The summed E-state index contributed by atoms with van der Waals surface area (Å²) in [6, 6.07) is -1.29. The Morgan fingerprint density at radius 1 is 1.14 bits per heavy atom. The highest BCUT2D eigenvalue weighted by Crippen LogP contribution is 2.44. The van der Waals surface area contributed by atoms with Crippen molar-refractivity contribution in [1.29, 1.82) is 0 Å². The summed E-state index contributed by atoms with van der Waals surface area (Å²) in [5.41, 5.74) is 5.21. The van der Waals surface area contributed by atoms with Crippen LogP contribution in [0.4, 0.5) is 0 Å². The van der Waals surface area contributed by atoms with Crippen LogP contribution in [0.3, 0.4) is 0 Å². The van der Waals surface area contributed by atoms with E-state index in [1.54, 1.807) is 0 Å². The molecule has 7 N–H and O–H groups in total. The Labute approximate surface area is 120 Å².